The molecule has 2 bridgehead atoms. The summed E-state index contributed by atoms with van der Waals surface area (Å²) in [6.07, 6.45) is 2.46. The predicted molar refractivity (Wildman–Crippen MR) is 63.5 cm³/mol. The maximum absolute atomic E-state index is 11.6. The molecule has 2 saturated carbocycles. The van der Waals surface area contributed by atoms with E-state index in [0.717, 1.165) is 12.8 Å². The van der Waals surface area contributed by atoms with Crippen molar-refractivity contribution < 1.29 is 19.1 Å². The van der Waals surface area contributed by atoms with Gasteiger partial charge in [0.25, 0.3) is 0 Å². The first-order valence-electron chi connectivity index (χ1n) is 6.58. The zero-order valence-electron chi connectivity index (χ0n) is 10.6. The highest BCUT2D eigenvalue weighted by Crippen LogP contribution is 2.55. The Morgan fingerprint density at radius 2 is 2.11 bits per heavy atom. The summed E-state index contributed by atoms with van der Waals surface area (Å²) in [5.74, 6) is 1.34. The highest BCUT2D eigenvalue weighted by atomic mass is 16.5. The SMILES string of the molecule is C=C(C)C(=O)OC1CC2CC1C1CC(=O)OCC21. The van der Waals surface area contributed by atoms with Crippen molar-refractivity contribution in [1.82, 2.24) is 0 Å². The van der Waals surface area contributed by atoms with Crippen LogP contribution in [-0.2, 0) is 19.1 Å². The molecule has 1 saturated heterocycles. The summed E-state index contributed by atoms with van der Waals surface area (Å²) in [6, 6.07) is 0. The predicted octanol–water partition coefficient (Wildman–Crippen LogP) is 1.69. The van der Waals surface area contributed by atoms with Crippen LogP contribution in [0.25, 0.3) is 0 Å². The van der Waals surface area contributed by atoms with Crippen LogP contribution in [0.2, 0.25) is 0 Å². The van der Waals surface area contributed by atoms with Gasteiger partial charge in [0.15, 0.2) is 0 Å². The first-order valence-corrected chi connectivity index (χ1v) is 6.58. The summed E-state index contributed by atoms with van der Waals surface area (Å²) in [7, 11) is 0. The Morgan fingerprint density at radius 3 is 2.83 bits per heavy atom. The minimum atomic E-state index is -0.303. The number of carbonyl (C=O) groups excluding carboxylic acids is 2. The maximum atomic E-state index is 11.6. The second kappa shape index (κ2) is 4.11. The molecule has 3 rings (SSSR count). The number of esters is 2. The summed E-state index contributed by atoms with van der Waals surface area (Å²) >= 11 is 0. The first kappa shape index (κ1) is 11.8. The molecule has 3 fully saturated rings. The van der Waals surface area contributed by atoms with Gasteiger partial charge in [0.2, 0.25) is 0 Å². The quantitative estimate of drug-likeness (QED) is 0.553. The van der Waals surface area contributed by atoms with Crippen molar-refractivity contribution in [3.63, 3.8) is 0 Å². The maximum Gasteiger partial charge on any atom is 0.333 e. The topological polar surface area (TPSA) is 52.6 Å². The number of fused-ring (bicyclic) bond motifs is 5. The van der Waals surface area contributed by atoms with Crippen LogP contribution in [0.3, 0.4) is 0 Å². The van der Waals surface area contributed by atoms with Gasteiger partial charge in [-0.25, -0.2) is 4.79 Å². The molecule has 0 spiro atoms. The molecule has 0 radical (unpaired) electrons. The molecule has 1 aliphatic heterocycles. The van der Waals surface area contributed by atoms with Crippen LogP contribution in [0.15, 0.2) is 12.2 Å². The Kier molecular flexibility index (Phi) is 2.68. The van der Waals surface area contributed by atoms with E-state index in [4.69, 9.17) is 9.47 Å². The molecule has 0 amide bonds. The average Bonchev–Trinajstić information content (AvgIpc) is 2.86. The Labute approximate surface area is 106 Å². The summed E-state index contributed by atoms with van der Waals surface area (Å²) in [5.41, 5.74) is 0.442. The molecular formula is C14H18O4. The zero-order valence-corrected chi connectivity index (χ0v) is 10.6. The number of ether oxygens (including phenoxy) is 2. The van der Waals surface area contributed by atoms with Crippen molar-refractivity contribution in [3.05, 3.63) is 12.2 Å². The summed E-state index contributed by atoms with van der Waals surface area (Å²) in [6.45, 7) is 5.83. The number of carbonyl (C=O) groups is 2. The van der Waals surface area contributed by atoms with Crippen molar-refractivity contribution in [2.24, 2.45) is 23.7 Å². The van der Waals surface area contributed by atoms with Crippen molar-refractivity contribution >= 4 is 11.9 Å². The second-order valence-electron chi connectivity index (χ2n) is 5.83. The Hall–Kier alpha value is -1.32. The third-order valence-corrected chi connectivity index (χ3v) is 4.74. The van der Waals surface area contributed by atoms with Crippen molar-refractivity contribution in [2.75, 3.05) is 6.61 Å². The molecule has 0 aromatic heterocycles. The summed E-state index contributed by atoms with van der Waals surface area (Å²) < 4.78 is 10.6. The van der Waals surface area contributed by atoms with E-state index in [-0.39, 0.29) is 18.0 Å². The minimum absolute atomic E-state index is 0.0219. The molecule has 4 nitrogen and oxygen atoms in total. The fourth-order valence-corrected chi connectivity index (χ4v) is 3.91. The zero-order chi connectivity index (χ0) is 12.9. The molecule has 3 aliphatic rings. The summed E-state index contributed by atoms with van der Waals surface area (Å²) in [4.78, 5) is 23.0. The first-order chi connectivity index (χ1) is 8.56. The lowest BCUT2D eigenvalue weighted by Crippen LogP contribution is -2.41. The van der Waals surface area contributed by atoms with Gasteiger partial charge in [-0.1, -0.05) is 6.58 Å². The van der Waals surface area contributed by atoms with Crippen LogP contribution in [0, 0.1) is 23.7 Å². The lowest BCUT2D eigenvalue weighted by molar-refractivity contribution is -0.160. The van der Waals surface area contributed by atoms with Gasteiger partial charge in [-0.15, -0.1) is 0 Å². The fourth-order valence-electron chi connectivity index (χ4n) is 3.91. The van der Waals surface area contributed by atoms with E-state index in [2.05, 4.69) is 6.58 Å². The highest BCUT2D eigenvalue weighted by Gasteiger charge is 2.56. The van der Waals surface area contributed by atoms with Crippen LogP contribution >= 0.6 is 0 Å². The van der Waals surface area contributed by atoms with E-state index in [0.29, 0.717) is 42.3 Å². The van der Waals surface area contributed by atoms with E-state index >= 15 is 0 Å². The second-order valence-corrected chi connectivity index (χ2v) is 5.83. The van der Waals surface area contributed by atoms with Crippen LogP contribution < -0.4 is 0 Å². The van der Waals surface area contributed by atoms with Crippen LogP contribution in [0.1, 0.15) is 26.2 Å². The standard InChI is InChI=1S/C14H18O4/c1-7(2)14(16)18-12-4-8-3-10(12)9-5-13(15)17-6-11(8)9/h8-12H,1,3-6H2,2H3. The Balaban J connectivity index is 1.70. The highest BCUT2D eigenvalue weighted by molar-refractivity contribution is 5.87. The van der Waals surface area contributed by atoms with Gasteiger partial charge >= 0.3 is 11.9 Å². The third kappa shape index (κ3) is 1.74. The summed E-state index contributed by atoms with van der Waals surface area (Å²) in [5, 5.41) is 0. The van der Waals surface area contributed by atoms with Crippen molar-refractivity contribution in [3.8, 4) is 0 Å². The van der Waals surface area contributed by atoms with Gasteiger partial charge in [0.05, 0.1) is 6.61 Å². The minimum Gasteiger partial charge on any atom is -0.465 e. The smallest absolute Gasteiger partial charge is 0.333 e. The van der Waals surface area contributed by atoms with E-state index in [9.17, 15) is 9.59 Å². The lowest BCUT2D eigenvalue weighted by atomic mass is 9.75. The largest absolute Gasteiger partial charge is 0.465 e. The molecular weight excluding hydrogens is 232 g/mol. The molecule has 0 N–H and O–H groups in total. The molecule has 0 aromatic carbocycles. The van der Waals surface area contributed by atoms with Crippen molar-refractivity contribution in [2.45, 2.75) is 32.3 Å². The average molecular weight is 250 g/mol. The Bertz CT molecular complexity index is 414. The van der Waals surface area contributed by atoms with E-state index in [1.54, 1.807) is 6.92 Å². The van der Waals surface area contributed by atoms with Gasteiger partial charge in [-0.2, -0.15) is 0 Å². The Morgan fingerprint density at radius 1 is 1.33 bits per heavy atom. The van der Waals surface area contributed by atoms with Gasteiger partial charge in [-0.3, -0.25) is 4.79 Å². The number of hydrogen-bond acceptors (Lipinski definition) is 4. The molecule has 2 aliphatic carbocycles. The molecule has 5 unspecified atom stereocenters. The molecule has 0 aromatic rings. The monoisotopic (exact) mass is 250 g/mol. The van der Waals surface area contributed by atoms with E-state index < -0.39 is 0 Å². The molecule has 18 heavy (non-hydrogen) atoms. The molecule has 1 heterocycles. The number of hydrogen-bond donors (Lipinski definition) is 0. The van der Waals surface area contributed by atoms with Crippen LogP contribution in [0.4, 0.5) is 0 Å². The third-order valence-electron chi connectivity index (χ3n) is 4.74. The lowest BCUT2D eigenvalue weighted by Gasteiger charge is -2.37. The van der Waals surface area contributed by atoms with Gasteiger partial charge < -0.3 is 9.47 Å². The number of rotatable bonds is 2. The number of cyclic esters (lactones) is 1. The normalized spacial score (nSPS) is 41.2. The van der Waals surface area contributed by atoms with Crippen molar-refractivity contribution in [1.29, 1.82) is 0 Å². The fraction of sp³-hybridized carbons (Fsp3) is 0.714. The van der Waals surface area contributed by atoms with E-state index in [1.807, 2.05) is 0 Å². The molecule has 4 heteroatoms. The van der Waals surface area contributed by atoms with Crippen LogP contribution in [-0.4, -0.2) is 24.6 Å². The van der Waals surface area contributed by atoms with Crippen LogP contribution in [0.5, 0.6) is 0 Å². The van der Waals surface area contributed by atoms with Gasteiger partial charge in [0, 0.05) is 17.9 Å². The van der Waals surface area contributed by atoms with E-state index in [1.165, 1.54) is 0 Å². The molecule has 5 atom stereocenters. The molecule has 98 valence electrons. The van der Waals surface area contributed by atoms with Gasteiger partial charge in [0.1, 0.15) is 6.10 Å². The van der Waals surface area contributed by atoms with Gasteiger partial charge in [-0.05, 0) is 37.5 Å².